The van der Waals surface area contributed by atoms with Crippen molar-refractivity contribution in [3.63, 3.8) is 0 Å². The van der Waals surface area contributed by atoms with E-state index in [-0.39, 0.29) is 6.04 Å². The van der Waals surface area contributed by atoms with Crippen molar-refractivity contribution in [3.05, 3.63) is 48.0 Å². The molecule has 0 aromatic heterocycles. The second kappa shape index (κ2) is 6.28. The van der Waals surface area contributed by atoms with Crippen LogP contribution in [0.3, 0.4) is 0 Å². The molecule has 16 heavy (non-hydrogen) atoms. The zero-order chi connectivity index (χ0) is 12.0. The Balaban J connectivity index is 2.37. The molecule has 1 aromatic carbocycles. The first kappa shape index (κ1) is 12.7. The lowest BCUT2D eigenvalue weighted by Gasteiger charge is -2.13. The van der Waals surface area contributed by atoms with E-state index < -0.39 is 0 Å². The molecule has 0 aliphatic rings. The van der Waals surface area contributed by atoms with E-state index in [1.54, 1.807) is 0 Å². The first-order valence-corrected chi connectivity index (χ1v) is 5.75. The fraction of sp³-hybridized carbons (Fsp3) is 0.308. The lowest BCUT2D eigenvalue weighted by atomic mass is 10.1. The number of hydrogen-bond acceptors (Lipinski definition) is 1. The van der Waals surface area contributed by atoms with Gasteiger partial charge in [-0.15, -0.1) is 6.58 Å². The first-order chi connectivity index (χ1) is 7.61. The van der Waals surface area contributed by atoms with Crippen molar-refractivity contribution in [2.24, 2.45) is 0 Å². The van der Waals surface area contributed by atoms with Crippen LogP contribution < -0.4 is 10.6 Å². The van der Waals surface area contributed by atoms with Crippen LogP contribution in [-0.2, 0) is 6.54 Å². The molecule has 0 spiro atoms. The summed E-state index contributed by atoms with van der Waals surface area (Å²) in [5.74, 6) is 0. The third kappa shape index (κ3) is 4.45. The monoisotopic (exact) mass is 234 g/mol. The first-order valence-electron chi connectivity index (χ1n) is 5.34. The number of rotatable bonds is 4. The third-order valence-corrected chi connectivity index (χ3v) is 2.55. The quantitative estimate of drug-likeness (QED) is 0.618. The van der Waals surface area contributed by atoms with Crippen LogP contribution in [0.25, 0.3) is 0 Å². The highest BCUT2D eigenvalue weighted by Crippen LogP contribution is 2.02. The molecule has 0 radical (unpaired) electrons. The van der Waals surface area contributed by atoms with Crippen molar-refractivity contribution >= 4 is 17.3 Å². The summed E-state index contributed by atoms with van der Waals surface area (Å²) in [7, 11) is 0. The van der Waals surface area contributed by atoms with Crippen molar-refractivity contribution in [1.29, 1.82) is 0 Å². The fourth-order valence-electron chi connectivity index (χ4n) is 1.21. The molecule has 1 unspecified atom stereocenters. The van der Waals surface area contributed by atoms with Gasteiger partial charge in [0.05, 0.1) is 0 Å². The van der Waals surface area contributed by atoms with Crippen molar-refractivity contribution in [1.82, 2.24) is 10.6 Å². The maximum atomic E-state index is 5.15. The molecule has 1 rings (SSSR count). The van der Waals surface area contributed by atoms with E-state index in [1.807, 2.05) is 13.0 Å². The van der Waals surface area contributed by atoms with Crippen molar-refractivity contribution in [2.75, 3.05) is 0 Å². The molecule has 0 saturated heterocycles. The molecular weight excluding hydrogens is 216 g/mol. The Hall–Kier alpha value is -1.35. The summed E-state index contributed by atoms with van der Waals surface area (Å²) in [5, 5.41) is 6.93. The Morgan fingerprint density at radius 2 is 2.06 bits per heavy atom. The van der Waals surface area contributed by atoms with Gasteiger partial charge in [0, 0.05) is 12.6 Å². The Kier molecular flexibility index (Phi) is 4.99. The smallest absolute Gasteiger partial charge is 0.167 e. The van der Waals surface area contributed by atoms with Gasteiger partial charge >= 0.3 is 0 Å². The molecule has 1 aromatic rings. The average molecular weight is 234 g/mol. The molecule has 0 bridgehead atoms. The molecular formula is C13H18N2S. The zero-order valence-corrected chi connectivity index (χ0v) is 10.6. The molecule has 0 aliphatic heterocycles. The highest BCUT2D eigenvalue weighted by atomic mass is 32.1. The Bertz CT molecular complexity index is 357. The highest BCUT2D eigenvalue weighted by Gasteiger charge is 1.99. The summed E-state index contributed by atoms with van der Waals surface area (Å²) in [6.07, 6.45) is 1.82. The average Bonchev–Trinajstić information content (AvgIpc) is 2.28. The summed E-state index contributed by atoms with van der Waals surface area (Å²) >= 11 is 5.15. The summed E-state index contributed by atoms with van der Waals surface area (Å²) in [6, 6.07) is 8.58. The fourth-order valence-corrected chi connectivity index (χ4v) is 1.46. The standard InChI is InChI=1S/C13H18N2S/c1-4-11(3)15-13(16)14-9-12-7-5-10(2)6-8-12/h4-8,11H,1,9H2,2-3H3,(H2,14,15,16). The van der Waals surface area contributed by atoms with Crippen molar-refractivity contribution in [2.45, 2.75) is 26.4 Å². The van der Waals surface area contributed by atoms with Crippen LogP contribution in [0.4, 0.5) is 0 Å². The van der Waals surface area contributed by atoms with E-state index in [0.717, 1.165) is 6.54 Å². The highest BCUT2D eigenvalue weighted by molar-refractivity contribution is 7.80. The van der Waals surface area contributed by atoms with Crippen LogP contribution in [0.1, 0.15) is 18.1 Å². The lowest BCUT2D eigenvalue weighted by Crippen LogP contribution is -2.39. The Morgan fingerprint density at radius 1 is 1.44 bits per heavy atom. The van der Waals surface area contributed by atoms with E-state index in [9.17, 15) is 0 Å². The molecule has 3 heteroatoms. The van der Waals surface area contributed by atoms with Crippen LogP contribution in [0.15, 0.2) is 36.9 Å². The van der Waals surface area contributed by atoms with Gasteiger partial charge < -0.3 is 10.6 Å². The second-order valence-electron chi connectivity index (χ2n) is 3.84. The summed E-state index contributed by atoms with van der Waals surface area (Å²) in [4.78, 5) is 0. The molecule has 2 nitrogen and oxygen atoms in total. The van der Waals surface area contributed by atoms with Gasteiger partial charge in [-0.3, -0.25) is 0 Å². The summed E-state index contributed by atoms with van der Waals surface area (Å²) < 4.78 is 0. The van der Waals surface area contributed by atoms with Gasteiger partial charge in [0.25, 0.3) is 0 Å². The minimum Gasteiger partial charge on any atom is -0.359 e. The van der Waals surface area contributed by atoms with Crippen LogP contribution in [0.2, 0.25) is 0 Å². The number of thiocarbonyl (C=S) groups is 1. The molecule has 0 saturated carbocycles. The third-order valence-electron chi connectivity index (χ3n) is 2.29. The molecule has 2 N–H and O–H groups in total. The molecule has 0 aliphatic carbocycles. The maximum absolute atomic E-state index is 5.15. The minimum atomic E-state index is 0.193. The predicted molar refractivity (Wildman–Crippen MR) is 73.4 cm³/mol. The van der Waals surface area contributed by atoms with E-state index in [0.29, 0.717) is 5.11 Å². The van der Waals surface area contributed by atoms with Crippen molar-refractivity contribution < 1.29 is 0 Å². The Morgan fingerprint density at radius 3 is 2.62 bits per heavy atom. The van der Waals surface area contributed by atoms with Gasteiger partial charge in [-0.2, -0.15) is 0 Å². The van der Waals surface area contributed by atoms with E-state index in [4.69, 9.17) is 12.2 Å². The van der Waals surface area contributed by atoms with Gasteiger partial charge in [0.2, 0.25) is 0 Å². The van der Waals surface area contributed by atoms with E-state index in [1.165, 1.54) is 11.1 Å². The number of hydrogen-bond donors (Lipinski definition) is 2. The lowest BCUT2D eigenvalue weighted by molar-refractivity contribution is 0.770. The second-order valence-corrected chi connectivity index (χ2v) is 4.25. The Labute approximate surface area is 103 Å². The summed E-state index contributed by atoms with van der Waals surface area (Å²) in [6.45, 7) is 8.52. The largest absolute Gasteiger partial charge is 0.359 e. The number of aryl methyl sites for hydroxylation is 1. The molecule has 0 amide bonds. The van der Waals surface area contributed by atoms with Crippen LogP contribution in [0, 0.1) is 6.92 Å². The van der Waals surface area contributed by atoms with Gasteiger partial charge in [-0.1, -0.05) is 35.9 Å². The van der Waals surface area contributed by atoms with Crippen LogP contribution in [0.5, 0.6) is 0 Å². The zero-order valence-electron chi connectivity index (χ0n) is 9.79. The van der Waals surface area contributed by atoms with Crippen molar-refractivity contribution in [3.8, 4) is 0 Å². The van der Waals surface area contributed by atoms with Gasteiger partial charge in [0.1, 0.15) is 0 Å². The number of nitrogens with one attached hydrogen (secondary N) is 2. The van der Waals surface area contributed by atoms with Crippen LogP contribution >= 0.6 is 12.2 Å². The topological polar surface area (TPSA) is 24.1 Å². The molecule has 0 heterocycles. The predicted octanol–water partition coefficient (Wildman–Crippen LogP) is 2.53. The molecule has 86 valence electrons. The summed E-state index contributed by atoms with van der Waals surface area (Å²) in [5.41, 5.74) is 2.49. The minimum absolute atomic E-state index is 0.193. The SMILES string of the molecule is C=CC(C)NC(=S)NCc1ccc(C)cc1. The molecule has 0 fully saturated rings. The van der Waals surface area contributed by atoms with Gasteiger partial charge in [0.15, 0.2) is 5.11 Å². The maximum Gasteiger partial charge on any atom is 0.167 e. The van der Waals surface area contributed by atoms with Gasteiger partial charge in [-0.25, -0.2) is 0 Å². The van der Waals surface area contributed by atoms with E-state index >= 15 is 0 Å². The normalized spacial score (nSPS) is 11.6. The number of benzene rings is 1. The van der Waals surface area contributed by atoms with Crippen LogP contribution in [-0.4, -0.2) is 11.2 Å². The molecule has 1 atom stereocenters. The van der Waals surface area contributed by atoms with Gasteiger partial charge in [-0.05, 0) is 31.6 Å². The van der Waals surface area contributed by atoms with E-state index in [2.05, 4.69) is 48.4 Å².